The molecule has 9 aromatic carbocycles. The average molecular weight is 969 g/mol. The molecule has 0 radical (unpaired) electrons. The van der Waals surface area contributed by atoms with Gasteiger partial charge in [0.1, 0.15) is 26.4 Å². The highest BCUT2D eigenvalue weighted by molar-refractivity contribution is 6.56. The first kappa shape index (κ1) is 37.0. The van der Waals surface area contributed by atoms with Gasteiger partial charge in [-0.05, 0) is 203 Å². The van der Waals surface area contributed by atoms with E-state index in [0.717, 1.165) is 127 Å². The van der Waals surface area contributed by atoms with Crippen molar-refractivity contribution in [3.8, 4) is 0 Å². The third-order valence-corrected chi connectivity index (χ3v) is 21.7. The van der Waals surface area contributed by atoms with Crippen LogP contribution in [0.5, 0.6) is 0 Å². The van der Waals surface area contributed by atoms with E-state index in [4.69, 9.17) is 18.9 Å². The number of allylic oxidation sites excluding steroid dienone is 6. The molecule has 4 bridgehead atoms. The number of esters is 4. The van der Waals surface area contributed by atoms with Gasteiger partial charge in [0.05, 0.1) is 21.7 Å². The Hall–Kier alpha value is -8.76. The summed E-state index contributed by atoms with van der Waals surface area (Å²) in [5, 5.41) is 16.3. The second-order valence-corrected chi connectivity index (χ2v) is 23.6. The number of fused-ring (bicyclic) bond motifs is 2. The molecule has 75 heavy (non-hydrogen) atoms. The van der Waals surface area contributed by atoms with Crippen molar-refractivity contribution in [1.82, 2.24) is 9.97 Å². The smallest absolute Gasteiger partial charge is 0.326 e. The van der Waals surface area contributed by atoms with Gasteiger partial charge in [-0.1, -0.05) is 65.8 Å². The van der Waals surface area contributed by atoms with Crippen LogP contribution in [0.15, 0.2) is 132 Å². The van der Waals surface area contributed by atoms with Gasteiger partial charge in [-0.3, -0.25) is 29.1 Å². The molecular weight excluding hydrogens is 937 g/mol. The predicted molar refractivity (Wildman–Crippen MR) is 273 cm³/mol. The summed E-state index contributed by atoms with van der Waals surface area (Å²) in [4.78, 5) is 76.0. The molecule has 6 atom stereocenters. The van der Waals surface area contributed by atoms with Crippen molar-refractivity contribution in [3.05, 3.63) is 199 Å². The second-order valence-electron chi connectivity index (χ2n) is 23.6. The van der Waals surface area contributed by atoms with Crippen LogP contribution in [0.25, 0.3) is 75.4 Å². The zero-order valence-corrected chi connectivity index (χ0v) is 39.5. The van der Waals surface area contributed by atoms with Gasteiger partial charge in [-0.25, -0.2) is 0 Å². The molecule has 0 N–H and O–H groups in total. The molecule has 22 rings (SSSR count). The number of hydrogen-bond donors (Lipinski definition) is 0. The Morgan fingerprint density at radius 3 is 1.40 bits per heavy atom. The zero-order chi connectivity index (χ0) is 48.6. The van der Waals surface area contributed by atoms with E-state index in [2.05, 4.69) is 46.4 Å². The van der Waals surface area contributed by atoms with E-state index in [1.165, 1.54) is 32.7 Å². The van der Waals surface area contributed by atoms with Crippen LogP contribution in [-0.4, -0.2) is 33.8 Å². The van der Waals surface area contributed by atoms with Crippen molar-refractivity contribution >= 4 is 99.3 Å². The van der Waals surface area contributed by atoms with Gasteiger partial charge in [0.25, 0.3) is 0 Å². The van der Waals surface area contributed by atoms with Gasteiger partial charge in [0.15, 0.2) is 10.8 Å². The number of cyclic esters (lactones) is 2. The van der Waals surface area contributed by atoms with E-state index in [-0.39, 0.29) is 26.4 Å². The second kappa shape index (κ2) is 10.5. The fraction of sp³-hybridized carbons (Fsp3) is 0.200. The minimum atomic E-state index is -2.04. The van der Waals surface area contributed by atoms with Crippen LogP contribution in [-0.2, 0) is 105 Å². The minimum absolute atomic E-state index is 0.109. The molecule has 0 saturated heterocycles. The van der Waals surface area contributed by atoms with Crippen molar-refractivity contribution in [3.63, 3.8) is 0 Å². The number of carbonyl (C=O) groups is 4. The third kappa shape index (κ3) is 2.91. The number of aromatic nitrogens is 2. The molecule has 3 heterocycles. The summed E-state index contributed by atoms with van der Waals surface area (Å²) in [5.74, 6) is -2.68. The van der Waals surface area contributed by atoms with E-state index in [1.54, 1.807) is 24.8 Å². The Kier molecular flexibility index (Phi) is 5.18. The summed E-state index contributed by atoms with van der Waals surface area (Å²) in [6.45, 7) is -0.472. The standard InChI is InChI=1S/C65H32N2O8/c68-56(72-22-26-4-8-66-9-5-26)64-58(70)74-24-28-2-1-3-29(12-28)25-75-59(71)65(57(69)73-23-27-6-10-67-11-7-27)61-38-19-35-17-33-15-31-13-30-14-32-16-34-18-37-20-36(21-38)55-62(64)53-49-45-43(41(32)47(49)51(34)60(37,62)64)39(30)40(31)44-42(33)48(52(35)61)50(46(44)45)54(53)63(55,61)65/h1-12,14-17,20-21H,13,18-19,22-25H2. The summed E-state index contributed by atoms with van der Waals surface area (Å²) in [5.41, 5.74) is 5.13. The maximum Gasteiger partial charge on any atom is 0.326 e. The fourth-order valence-corrected chi connectivity index (χ4v) is 20.4. The SMILES string of the molecule is O=C(OCc1ccncc1)C12C(=O)OCc3cccc(c3)COC(=O)C3(C(=O)OCc4ccncc4)C45C6=CC7=C8C19c1c(c%10c%11c4c(cc4cc%12c%13c%14c(cc%15cc%16c(c%17c1c(c%14c%15%17)c%10c%13c4%11)C29C(=C7)C%16)C%12)C6)C835. The lowest BCUT2D eigenvalue weighted by Gasteiger charge is -2.36. The predicted octanol–water partition coefficient (Wildman–Crippen LogP) is 9.77. The molecule has 2 aromatic heterocycles. The molecule has 10 aliphatic carbocycles. The Balaban J connectivity index is 0.998. The number of rotatable bonds is 6. The van der Waals surface area contributed by atoms with E-state index < -0.39 is 56.4 Å². The highest BCUT2D eigenvalue weighted by Crippen LogP contribution is 3.03. The topological polar surface area (TPSA) is 131 Å². The first-order chi connectivity index (χ1) is 36.8. The van der Waals surface area contributed by atoms with Crippen LogP contribution >= 0.6 is 0 Å². The molecule has 6 unspecified atom stereocenters. The number of pyridine rings is 2. The summed E-state index contributed by atoms with van der Waals surface area (Å²) in [7, 11) is 0. The van der Waals surface area contributed by atoms with Gasteiger partial charge in [-0.15, -0.1) is 0 Å². The maximum absolute atomic E-state index is 16.9. The largest absolute Gasteiger partial charge is 0.460 e. The molecule has 1 aliphatic heterocycles. The Bertz CT molecular complexity index is 4730. The van der Waals surface area contributed by atoms with Gasteiger partial charge >= 0.3 is 23.9 Å². The van der Waals surface area contributed by atoms with Crippen molar-refractivity contribution in [2.45, 2.75) is 67.3 Å². The van der Waals surface area contributed by atoms with Crippen LogP contribution in [0, 0.1) is 10.8 Å². The van der Waals surface area contributed by atoms with Crippen LogP contribution in [0.1, 0.15) is 66.8 Å². The van der Waals surface area contributed by atoms with Gasteiger partial charge in [-0.2, -0.15) is 0 Å². The van der Waals surface area contributed by atoms with Crippen molar-refractivity contribution in [2.24, 2.45) is 10.8 Å². The van der Waals surface area contributed by atoms with Crippen molar-refractivity contribution in [1.29, 1.82) is 0 Å². The van der Waals surface area contributed by atoms with Gasteiger partial charge in [0.2, 0.25) is 0 Å². The number of benzene rings is 7. The van der Waals surface area contributed by atoms with Crippen molar-refractivity contribution in [2.75, 3.05) is 0 Å². The number of carbonyl (C=O) groups excluding carboxylic acids is 4. The summed E-state index contributed by atoms with van der Waals surface area (Å²) in [6.07, 6.45) is 13.0. The lowest BCUT2D eigenvalue weighted by atomic mass is 9.64. The molecule has 10 nitrogen and oxygen atoms in total. The van der Waals surface area contributed by atoms with Crippen LogP contribution in [0.2, 0.25) is 0 Å². The van der Waals surface area contributed by atoms with E-state index in [9.17, 15) is 0 Å². The summed E-state index contributed by atoms with van der Waals surface area (Å²) >= 11 is 0. The normalized spacial score (nSPS) is 30.0. The fourth-order valence-electron chi connectivity index (χ4n) is 20.4. The molecular formula is C65H32N2O8. The van der Waals surface area contributed by atoms with Crippen LogP contribution in [0.3, 0.4) is 0 Å². The van der Waals surface area contributed by atoms with E-state index >= 15 is 19.2 Å². The third-order valence-electron chi connectivity index (χ3n) is 21.7. The van der Waals surface area contributed by atoms with E-state index in [0.29, 0.717) is 24.0 Å². The first-order valence-corrected chi connectivity index (χ1v) is 26.1. The maximum atomic E-state index is 16.9. The van der Waals surface area contributed by atoms with Crippen LogP contribution < -0.4 is 0 Å². The molecule has 10 heteroatoms. The Morgan fingerprint density at radius 2 is 0.920 bits per heavy atom. The Labute approximate surface area is 422 Å². The molecule has 2 saturated carbocycles. The van der Waals surface area contributed by atoms with Gasteiger partial charge < -0.3 is 18.9 Å². The average Bonchev–Trinajstić information content (AvgIpc) is 1.92. The monoisotopic (exact) mass is 968 g/mol. The highest BCUT2D eigenvalue weighted by atomic mass is 16.6. The number of hydrogen-bond acceptors (Lipinski definition) is 10. The quantitative estimate of drug-likeness (QED) is 0.0687. The molecule has 4 spiro atoms. The number of ether oxygens (including phenoxy) is 4. The zero-order valence-electron chi connectivity index (χ0n) is 39.5. The van der Waals surface area contributed by atoms with E-state index in [1.807, 2.05) is 48.5 Å². The molecule has 11 aliphatic rings. The summed E-state index contributed by atoms with van der Waals surface area (Å²) in [6, 6.07) is 24.3. The summed E-state index contributed by atoms with van der Waals surface area (Å²) < 4.78 is 27.1. The van der Waals surface area contributed by atoms with Gasteiger partial charge in [0, 0.05) is 24.8 Å². The lowest BCUT2D eigenvalue weighted by Crippen LogP contribution is -2.40. The van der Waals surface area contributed by atoms with Crippen LogP contribution in [0.4, 0.5) is 0 Å². The molecule has 11 aromatic rings. The minimum Gasteiger partial charge on any atom is -0.460 e. The highest BCUT2D eigenvalue weighted by Gasteiger charge is 3.11. The van der Waals surface area contributed by atoms with Crippen molar-refractivity contribution < 1.29 is 38.1 Å². The molecule has 0 amide bonds. The molecule has 2 fully saturated rings. The molecule has 350 valence electrons. The first-order valence-electron chi connectivity index (χ1n) is 26.1. The number of nitrogens with zero attached hydrogens (tertiary/aromatic N) is 2. The Morgan fingerprint density at radius 1 is 0.480 bits per heavy atom. The lowest BCUT2D eigenvalue weighted by molar-refractivity contribution is -0.169.